The van der Waals surface area contributed by atoms with Gasteiger partial charge in [-0.2, -0.15) is 0 Å². The van der Waals surface area contributed by atoms with Crippen LogP contribution in [-0.4, -0.2) is 26.3 Å². The van der Waals surface area contributed by atoms with Crippen molar-refractivity contribution < 1.29 is 4.74 Å². The lowest BCUT2D eigenvalue weighted by Crippen LogP contribution is -2.27. The molecule has 0 bridgehead atoms. The molecule has 0 heterocycles. The Morgan fingerprint density at radius 1 is 1.15 bits per heavy atom. The van der Waals surface area contributed by atoms with Crippen molar-refractivity contribution in [2.24, 2.45) is 11.8 Å². The summed E-state index contributed by atoms with van der Waals surface area (Å²) in [6.07, 6.45) is 1.21. The quantitative estimate of drug-likeness (QED) is 0.589. The topological polar surface area (TPSA) is 21.3 Å². The zero-order valence-corrected chi connectivity index (χ0v) is 9.60. The van der Waals surface area contributed by atoms with Crippen LogP contribution < -0.4 is 5.32 Å². The van der Waals surface area contributed by atoms with E-state index in [1.54, 1.807) is 0 Å². The van der Waals surface area contributed by atoms with Crippen LogP contribution in [0, 0.1) is 11.8 Å². The first kappa shape index (κ1) is 12.9. The second-order valence-corrected chi connectivity index (χ2v) is 3.82. The Bertz CT molecular complexity index is 106. The lowest BCUT2D eigenvalue weighted by molar-refractivity contribution is 0.0963. The third-order valence-corrected chi connectivity index (χ3v) is 2.45. The fraction of sp³-hybridized carbons (Fsp3) is 1.00. The van der Waals surface area contributed by atoms with E-state index in [0.29, 0.717) is 11.8 Å². The second-order valence-electron chi connectivity index (χ2n) is 3.82. The minimum absolute atomic E-state index is 0.657. The Kier molecular flexibility index (Phi) is 8.46. The molecule has 80 valence electrons. The van der Waals surface area contributed by atoms with Crippen LogP contribution in [-0.2, 0) is 4.74 Å². The molecule has 0 rings (SSSR count). The zero-order valence-electron chi connectivity index (χ0n) is 9.60. The highest BCUT2D eigenvalue weighted by molar-refractivity contribution is 4.63. The molecule has 1 N–H and O–H groups in total. The molecule has 2 unspecified atom stereocenters. The van der Waals surface area contributed by atoms with Crippen molar-refractivity contribution in [1.82, 2.24) is 5.32 Å². The van der Waals surface area contributed by atoms with Crippen molar-refractivity contribution in [3.8, 4) is 0 Å². The summed E-state index contributed by atoms with van der Waals surface area (Å²) in [5, 5.41) is 3.44. The van der Waals surface area contributed by atoms with E-state index >= 15 is 0 Å². The molecule has 2 atom stereocenters. The first-order chi connectivity index (χ1) is 6.22. The van der Waals surface area contributed by atoms with Crippen LogP contribution in [0.3, 0.4) is 0 Å². The molecular weight excluding hydrogens is 162 g/mol. The van der Waals surface area contributed by atoms with E-state index in [0.717, 1.165) is 26.3 Å². The largest absolute Gasteiger partial charge is 0.381 e. The van der Waals surface area contributed by atoms with Gasteiger partial charge in [0.05, 0.1) is 0 Å². The second kappa shape index (κ2) is 8.52. The fourth-order valence-electron chi connectivity index (χ4n) is 1.18. The van der Waals surface area contributed by atoms with E-state index < -0.39 is 0 Å². The highest BCUT2D eigenvalue weighted by Gasteiger charge is 2.10. The average Bonchev–Trinajstić information content (AvgIpc) is 2.14. The zero-order chi connectivity index (χ0) is 10.1. The summed E-state index contributed by atoms with van der Waals surface area (Å²) in [4.78, 5) is 0. The number of hydrogen-bond donors (Lipinski definition) is 1. The third kappa shape index (κ3) is 7.03. The Balaban J connectivity index is 3.38. The predicted molar refractivity (Wildman–Crippen MR) is 58.0 cm³/mol. The maximum absolute atomic E-state index is 5.39. The van der Waals surface area contributed by atoms with Gasteiger partial charge in [-0.15, -0.1) is 0 Å². The highest BCUT2D eigenvalue weighted by atomic mass is 16.5. The van der Waals surface area contributed by atoms with Crippen molar-refractivity contribution >= 4 is 0 Å². The molecule has 2 heteroatoms. The van der Waals surface area contributed by atoms with Crippen LogP contribution in [0.2, 0.25) is 0 Å². The Hall–Kier alpha value is -0.0800. The Morgan fingerprint density at radius 2 is 1.85 bits per heavy atom. The predicted octanol–water partition coefficient (Wildman–Crippen LogP) is 2.29. The fourth-order valence-corrected chi connectivity index (χ4v) is 1.18. The minimum atomic E-state index is 0.657. The number of hydrogen-bond acceptors (Lipinski definition) is 2. The molecule has 0 fully saturated rings. The number of ether oxygens (including phenoxy) is 1. The van der Waals surface area contributed by atoms with Gasteiger partial charge >= 0.3 is 0 Å². The molecule has 13 heavy (non-hydrogen) atoms. The van der Waals surface area contributed by atoms with Gasteiger partial charge in [-0.05, 0) is 38.3 Å². The van der Waals surface area contributed by atoms with Crippen molar-refractivity contribution in [3.63, 3.8) is 0 Å². The molecule has 0 aromatic heterocycles. The van der Waals surface area contributed by atoms with Gasteiger partial charge in [0.1, 0.15) is 0 Å². The SMILES string of the molecule is CCCNCC(C)C(C)COCC. The minimum Gasteiger partial charge on any atom is -0.381 e. The summed E-state index contributed by atoms with van der Waals surface area (Å²) in [5.41, 5.74) is 0. The average molecular weight is 187 g/mol. The standard InChI is InChI=1S/C11H25NO/c1-5-7-12-8-10(3)11(4)9-13-6-2/h10-12H,5-9H2,1-4H3. The maximum atomic E-state index is 5.39. The van der Waals surface area contributed by atoms with E-state index in [1.807, 2.05) is 6.92 Å². The van der Waals surface area contributed by atoms with Gasteiger partial charge in [0, 0.05) is 13.2 Å². The molecule has 0 amide bonds. The van der Waals surface area contributed by atoms with Crippen LogP contribution in [0.1, 0.15) is 34.1 Å². The Morgan fingerprint density at radius 3 is 2.38 bits per heavy atom. The van der Waals surface area contributed by atoms with E-state index in [2.05, 4.69) is 26.1 Å². The molecule has 2 nitrogen and oxygen atoms in total. The molecule has 0 aliphatic heterocycles. The number of nitrogens with one attached hydrogen (secondary N) is 1. The van der Waals surface area contributed by atoms with E-state index in [1.165, 1.54) is 6.42 Å². The van der Waals surface area contributed by atoms with Gasteiger partial charge in [0.2, 0.25) is 0 Å². The van der Waals surface area contributed by atoms with Crippen LogP contribution in [0.5, 0.6) is 0 Å². The van der Waals surface area contributed by atoms with Crippen molar-refractivity contribution in [2.75, 3.05) is 26.3 Å². The summed E-state index contributed by atoms with van der Waals surface area (Å²) >= 11 is 0. The van der Waals surface area contributed by atoms with Crippen molar-refractivity contribution in [1.29, 1.82) is 0 Å². The van der Waals surface area contributed by atoms with Crippen LogP contribution in [0.15, 0.2) is 0 Å². The van der Waals surface area contributed by atoms with Gasteiger partial charge in [-0.1, -0.05) is 20.8 Å². The summed E-state index contributed by atoms with van der Waals surface area (Å²) in [6, 6.07) is 0. The molecule has 0 aromatic rings. The summed E-state index contributed by atoms with van der Waals surface area (Å²) in [7, 11) is 0. The van der Waals surface area contributed by atoms with Crippen molar-refractivity contribution in [3.05, 3.63) is 0 Å². The van der Waals surface area contributed by atoms with Gasteiger partial charge in [0.25, 0.3) is 0 Å². The normalized spacial score (nSPS) is 15.7. The van der Waals surface area contributed by atoms with Gasteiger partial charge in [0.15, 0.2) is 0 Å². The van der Waals surface area contributed by atoms with Crippen LogP contribution >= 0.6 is 0 Å². The number of rotatable bonds is 8. The molecule has 0 aliphatic carbocycles. The Labute approximate surface area is 83.1 Å². The summed E-state index contributed by atoms with van der Waals surface area (Å²) < 4.78 is 5.39. The molecule has 0 spiro atoms. The molecule has 0 saturated carbocycles. The molecule has 0 radical (unpaired) electrons. The first-order valence-electron chi connectivity index (χ1n) is 5.50. The van der Waals surface area contributed by atoms with Crippen LogP contribution in [0.25, 0.3) is 0 Å². The van der Waals surface area contributed by atoms with Gasteiger partial charge in [-0.25, -0.2) is 0 Å². The third-order valence-electron chi connectivity index (χ3n) is 2.45. The molecule has 0 aliphatic rings. The molecule has 0 aromatic carbocycles. The summed E-state index contributed by atoms with van der Waals surface area (Å²) in [5.74, 6) is 1.36. The first-order valence-corrected chi connectivity index (χ1v) is 5.50. The maximum Gasteiger partial charge on any atom is 0.0494 e. The smallest absolute Gasteiger partial charge is 0.0494 e. The monoisotopic (exact) mass is 187 g/mol. The molecular formula is C11H25NO. The lowest BCUT2D eigenvalue weighted by Gasteiger charge is -2.19. The molecule has 0 saturated heterocycles. The van der Waals surface area contributed by atoms with E-state index in [9.17, 15) is 0 Å². The van der Waals surface area contributed by atoms with E-state index in [4.69, 9.17) is 4.74 Å². The lowest BCUT2D eigenvalue weighted by atomic mass is 9.97. The van der Waals surface area contributed by atoms with Gasteiger partial charge < -0.3 is 10.1 Å². The van der Waals surface area contributed by atoms with Crippen molar-refractivity contribution in [2.45, 2.75) is 34.1 Å². The van der Waals surface area contributed by atoms with Crippen LogP contribution in [0.4, 0.5) is 0 Å². The van der Waals surface area contributed by atoms with E-state index in [-0.39, 0.29) is 0 Å². The summed E-state index contributed by atoms with van der Waals surface area (Å²) in [6.45, 7) is 12.8. The highest BCUT2D eigenvalue weighted by Crippen LogP contribution is 2.09. The van der Waals surface area contributed by atoms with Gasteiger partial charge in [-0.3, -0.25) is 0 Å².